The molecular weight excluding hydrogens is 245 g/mol. The van der Waals surface area contributed by atoms with Gasteiger partial charge in [0, 0.05) is 25.2 Å². The molecule has 2 fully saturated rings. The minimum Gasteiger partial charge on any atom is -0.383 e. The number of hydrogen-bond donors (Lipinski definition) is 1. The van der Waals surface area contributed by atoms with Gasteiger partial charge in [0.05, 0.1) is 0 Å². The van der Waals surface area contributed by atoms with Crippen molar-refractivity contribution < 1.29 is 4.39 Å². The largest absolute Gasteiger partial charge is 0.383 e. The molecule has 0 bridgehead atoms. The first-order valence-electron chi connectivity index (χ1n) is 7.01. The third kappa shape index (κ3) is 2.78. The van der Waals surface area contributed by atoms with E-state index in [-0.39, 0.29) is 5.82 Å². The van der Waals surface area contributed by atoms with Crippen LogP contribution in [0.3, 0.4) is 0 Å². The SMILES string of the molecule is Nc1cc(N2CCC(N3CCCC3)CC2)nc(F)n1. The number of hydrogen-bond acceptors (Lipinski definition) is 5. The van der Waals surface area contributed by atoms with Gasteiger partial charge in [0.1, 0.15) is 11.6 Å². The molecule has 2 N–H and O–H groups in total. The van der Waals surface area contributed by atoms with Gasteiger partial charge in [-0.05, 0) is 38.8 Å². The minimum absolute atomic E-state index is 0.198. The molecule has 19 heavy (non-hydrogen) atoms. The van der Waals surface area contributed by atoms with Crippen molar-refractivity contribution in [3.8, 4) is 0 Å². The second-order valence-electron chi connectivity index (χ2n) is 5.38. The molecule has 104 valence electrons. The lowest BCUT2D eigenvalue weighted by Crippen LogP contribution is -2.44. The van der Waals surface area contributed by atoms with Crippen molar-refractivity contribution in [2.45, 2.75) is 31.7 Å². The summed E-state index contributed by atoms with van der Waals surface area (Å²) < 4.78 is 13.2. The van der Waals surface area contributed by atoms with Crippen LogP contribution in [0, 0.1) is 6.08 Å². The van der Waals surface area contributed by atoms with E-state index in [0.29, 0.717) is 11.9 Å². The summed E-state index contributed by atoms with van der Waals surface area (Å²) in [5.74, 6) is 0.814. The zero-order valence-corrected chi connectivity index (χ0v) is 11.1. The molecule has 0 amide bonds. The summed E-state index contributed by atoms with van der Waals surface area (Å²) in [7, 11) is 0. The van der Waals surface area contributed by atoms with Crippen LogP contribution in [0.5, 0.6) is 0 Å². The molecule has 0 radical (unpaired) electrons. The van der Waals surface area contributed by atoms with E-state index < -0.39 is 6.08 Å². The molecule has 0 atom stereocenters. The predicted octanol–water partition coefficient (Wildman–Crippen LogP) is 1.26. The maximum Gasteiger partial charge on any atom is 0.312 e. The van der Waals surface area contributed by atoms with Crippen LogP contribution >= 0.6 is 0 Å². The molecule has 1 aromatic rings. The van der Waals surface area contributed by atoms with Gasteiger partial charge in [-0.1, -0.05) is 0 Å². The Hall–Kier alpha value is -1.43. The third-order valence-electron chi connectivity index (χ3n) is 4.15. The fourth-order valence-electron chi connectivity index (χ4n) is 3.15. The number of piperidine rings is 1. The van der Waals surface area contributed by atoms with E-state index in [1.54, 1.807) is 6.07 Å². The summed E-state index contributed by atoms with van der Waals surface area (Å²) in [5, 5.41) is 0. The van der Waals surface area contributed by atoms with Gasteiger partial charge in [-0.3, -0.25) is 0 Å². The number of nitrogen functional groups attached to an aromatic ring is 1. The van der Waals surface area contributed by atoms with Gasteiger partial charge in [0.25, 0.3) is 0 Å². The lowest BCUT2D eigenvalue weighted by atomic mass is 10.0. The normalized spacial score (nSPS) is 22.1. The van der Waals surface area contributed by atoms with Crippen LogP contribution in [0.15, 0.2) is 6.07 Å². The number of anilines is 2. The molecule has 2 aliphatic rings. The first-order chi connectivity index (χ1) is 9.22. The monoisotopic (exact) mass is 265 g/mol. The Kier molecular flexibility index (Phi) is 3.50. The maximum atomic E-state index is 13.2. The summed E-state index contributed by atoms with van der Waals surface area (Å²) in [6.07, 6.45) is 4.15. The number of nitrogens with two attached hydrogens (primary N) is 1. The van der Waals surface area contributed by atoms with Crippen molar-refractivity contribution in [2.75, 3.05) is 36.8 Å². The molecule has 2 saturated heterocycles. The van der Waals surface area contributed by atoms with Crippen LogP contribution in [-0.2, 0) is 0 Å². The van der Waals surface area contributed by atoms with E-state index in [4.69, 9.17) is 5.73 Å². The third-order valence-corrected chi connectivity index (χ3v) is 4.15. The number of aromatic nitrogens is 2. The Morgan fingerprint density at radius 2 is 1.79 bits per heavy atom. The van der Waals surface area contributed by atoms with Gasteiger partial charge in [-0.15, -0.1) is 0 Å². The smallest absolute Gasteiger partial charge is 0.312 e. The number of rotatable bonds is 2. The molecule has 3 rings (SSSR count). The van der Waals surface area contributed by atoms with Crippen LogP contribution in [0.25, 0.3) is 0 Å². The zero-order valence-electron chi connectivity index (χ0n) is 11.1. The topological polar surface area (TPSA) is 58.3 Å². The average Bonchev–Trinajstić information content (AvgIpc) is 2.91. The van der Waals surface area contributed by atoms with Crippen molar-refractivity contribution in [2.24, 2.45) is 0 Å². The van der Waals surface area contributed by atoms with E-state index >= 15 is 0 Å². The van der Waals surface area contributed by atoms with Crippen molar-refractivity contribution in [3.05, 3.63) is 12.1 Å². The average molecular weight is 265 g/mol. The molecule has 0 aromatic carbocycles. The summed E-state index contributed by atoms with van der Waals surface area (Å²) in [6, 6.07) is 2.34. The standard InChI is InChI=1S/C13H20FN5/c14-13-16-11(15)9-12(17-13)19-7-3-10(4-8-19)18-5-1-2-6-18/h9-10H,1-8H2,(H2,15,16,17). The summed E-state index contributed by atoms with van der Waals surface area (Å²) >= 11 is 0. The van der Waals surface area contributed by atoms with Crippen LogP contribution < -0.4 is 10.6 Å². The lowest BCUT2D eigenvalue weighted by molar-refractivity contribution is 0.207. The van der Waals surface area contributed by atoms with Crippen LogP contribution in [0.4, 0.5) is 16.0 Å². The highest BCUT2D eigenvalue weighted by Crippen LogP contribution is 2.24. The van der Waals surface area contributed by atoms with Crippen molar-refractivity contribution >= 4 is 11.6 Å². The van der Waals surface area contributed by atoms with E-state index in [0.717, 1.165) is 25.9 Å². The van der Waals surface area contributed by atoms with E-state index in [2.05, 4.69) is 19.8 Å². The van der Waals surface area contributed by atoms with Gasteiger partial charge in [0.2, 0.25) is 0 Å². The number of halogens is 1. The van der Waals surface area contributed by atoms with Crippen molar-refractivity contribution in [3.63, 3.8) is 0 Å². The van der Waals surface area contributed by atoms with Gasteiger partial charge >= 0.3 is 6.08 Å². The minimum atomic E-state index is -0.739. The Balaban J connectivity index is 1.63. The fourth-order valence-corrected chi connectivity index (χ4v) is 3.15. The predicted molar refractivity (Wildman–Crippen MR) is 72.4 cm³/mol. The number of likely N-dealkylation sites (tertiary alicyclic amines) is 1. The molecule has 3 heterocycles. The highest BCUT2D eigenvalue weighted by Gasteiger charge is 2.27. The Morgan fingerprint density at radius 3 is 2.42 bits per heavy atom. The Morgan fingerprint density at radius 1 is 1.11 bits per heavy atom. The van der Waals surface area contributed by atoms with Crippen LogP contribution in [-0.4, -0.2) is 47.1 Å². The Bertz CT molecular complexity index is 418. The second-order valence-corrected chi connectivity index (χ2v) is 5.38. The van der Waals surface area contributed by atoms with E-state index in [1.807, 2.05) is 0 Å². The summed E-state index contributed by atoms with van der Waals surface area (Å²) in [6.45, 7) is 4.30. The first kappa shape index (κ1) is 12.6. The highest BCUT2D eigenvalue weighted by atomic mass is 19.1. The van der Waals surface area contributed by atoms with Gasteiger partial charge < -0.3 is 15.5 Å². The molecule has 2 aliphatic heterocycles. The molecule has 0 spiro atoms. The fraction of sp³-hybridized carbons (Fsp3) is 0.692. The van der Waals surface area contributed by atoms with Crippen molar-refractivity contribution in [1.29, 1.82) is 0 Å². The van der Waals surface area contributed by atoms with Crippen molar-refractivity contribution in [1.82, 2.24) is 14.9 Å². The number of nitrogens with zero attached hydrogens (tertiary/aromatic N) is 4. The van der Waals surface area contributed by atoms with Gasteiger partial charge in [0.15, 0.2) is 0 Å². The molecule has 5 nitrogen and oxygen atoms in total. The Labute approximate surface area is 112 Å². The van der Waals surface area contributed by atoms with Crippen LogP contribution in [0.1, 0.15) is 25.7 Å². The molecule has 6 heteroatoms. The zero-order chi connectivity index (χ0) is 13.2. The summed E-state index contributed by atoms with van der Waals surface area (Å²) in [4.78, 5) is 12.0. The molecular formula is C13H20FN5. The van der Waals surface area contributed by atoms with E-state index in [1.165, 1.54) is 25.9 Å². The quantitative estimate of drug-likeness (QED) is 0.816. The molecule has 0 saturated carbocycles. The van der Waals surface area contributed by atoms with Crippen LogP contribution in [0.2, 0.25) is 0 Å². The lowest BCUT2D eigenvalue weighted by Gasteiger charge is -2.37. The molecule has 0 aliphatic carbocycles. The highest BCUT2D eigenvalue weighted by molar-refractivity contribution is 5.46. The van der Waals surface area contributed by atoms with Gasteiger partial charge in [-0.2, -0.15) is 14.4 Å². The molecule has 0 unspecified atom stereocenters. The molecule has 1 aromatic heterocycles. The second kappa shape index (κ2) is 5.28. The maximum absolute atomic E-state index is 13.2. The summed E-state index contributed by atoms with van der Waals surface area (Å²) in [5.41, 5.74) is 5.57. The first-order valence-corrected chi connectivity index (χ1v) is 7.01. The van der Waals surface area contributed by atoms with E-state index in [9.17, 15) is 4.39 Å². The van der Waals surface area contributed by atoms with Gasteiger partial charge in [-0.25, -0.2) is 0 Å².